The molecule has 0 fully saturated rings. The third-order valence-electron chi connectivity index (χ3n) is 5.86. The van der Waals surface area contributed by atoms with Gasteiger partial charge in [0.05, 0.1) is 16.7 Å². The van der Waals surface area contributed by atoms with Gasteiger partial charge in [-0.2, -0.15) is 5.26 Å². The maximum absolute atomic E-state index is 10.1. The second-order valence-corrected chi connectivity index (χ2v) is 8.41. The molecule has 34 heavy (non-hydrogen) atoms. The number of imidazole rings is 1. The Morgan fingerprint density at radius 3 is 2.62 bits per heavy atom. The highest BCUT2D eigenvalue weighted by Gasteiger charge is 2.17. The Morgan fingerprint density at radius 1 is 0.912 bits per heavy atom. The van der Waals surface area contributed by atoms with Crippen molar-refractivity contribution >= 4 is 40.4 Å². The van der Waals surface area contributed by atoms with Crippen LogP contribution in [0.25, 0.3) is 40.1 Å². The number of hydrogen-bond acceptors (Lipinski definition) is 4. The van der Waals surface area contributed by atoms with Crippen LogP contribution in [0.2, 0.25) is 5.02 Å². The summed E-state index contributed by atoms with van der Waals surface area (Å²) in [4.78, 5) is 4.80. The number of ether oxygens (including phenoxy) is 2. The van der Waals surface area contributed by atoms with Gasteiger partial charge in [0.1, 0.15) is 24.8 Å². The first-order valence-electron chi connectivity index (χ1n) is 10.9. The van der Waals surface area contributed by atoms with Crippen molar-refractivity contribution < 1.29 is 9.47 Å². The maximum atomic E-state index is 10.1. The van der Waals surface area contributed by atoms with Gasteiger partial charge >= 0.3 is 0 Å². The summed E-state index contributed by atoms with van der Waals surface area (Å²) in [6, 6.07) is 25.8. The molecule has 3 aromatic carbocycles. The number of rotatable bonds is 3. The van der Waals surface area contributed by atoms with Crippen molar-refractivity contribution in [1.29, 1.82) is 5.26 Å². The monoisotopic (exact) mass is 463 g/mol. The van der Waals surface area contributed by atoms with Gasteiger partial charge in [-0.1, -0.05) is 54.1 Å². The van der Waals surface area contributed by atoms with Gasteiger partial charge in [-0.15, -0.1) is 0 Å². The molecule has 2 aromatic heterocycles. The number of nitrogens with zero attached hydrogens (tertiary/aromatic N) is 3. The average molecular weight is 464 g/mol. The first-order chi connectivity index (χ1) is 16.7. The van der Waals surface area contributed by atoms with E-state index in [1.165, 1.54) is 0 Å². The number of hydrogen-bond donors (Lipinski definition) is 0. The molecule has 3 heterocycles. The Balaban J connectivity index is 1.57. The van der Waals surface area contributed by atoms with E-state index in [4.69, 9.17) is 26.1 Å². The quantitative estimate of drug-likeness (QED) is 0.301. The van der Waals surface area contributed by atoms with E-state index in [9.17, 15) is 5.26 Å². The van der Waals surface area contributed by atoms with Gasteiger partial charge in [0.15, 0.2) is 17.1 Å². The van der Waals surface area contributed by atoms with Crippen LogP contribution < -0.4 is 9.47 Å². The van der Waals surface area contributed by atoms with Crippen LogP contribution in [0.4, 0.5) is 0 Å². The van der Waals surface area contributed by atoms with Crippen LogP contribution in [-0.2, 0) is 0 Å². The normalized spacial score (nSPS) is 12.9. The van der Waals surface area contributed by atoms with Gasteiger partial charge in [0, 0.05) is 10.6 Å². The first-order valence-corrected chi connectivity index (χ1v) is 11.3. The molecule has 6 rings (SSSR count). The van der Waals surface area contributed by atoms with E-state index in [0.29, 0.717) is 29.4 Å². The lowest BCUT2D eigenvalue weighted by Gasteiger charge is -2.18. The SMILES string of the molecule is N#Cc1c(/C=C/c2ccc3c(c2)OCCO3)cc(-c2cccc(Cl)c2)n2c1nc1ccccc12. The Bertz CT molecular complexity index is 1650. The van der Waals surface area contributed by atoms with E-state index in [2.05, 4.69) is 6.07 Å². The molecule has 0 radical (unpaired) electrons. The fraction of sp³-hybridized carbons (Fsp3) is 0.0714. The minimum absolute atomic E-state index is 0.510. The van der Waals surface area contributed by atoms with E-state index in [1.807, 2.05) is 89.3 Å². The minimum atomic E-state index is 0.510. The number of nitriles is 1. The Morgan fingerprint density at radius 2 is 1.76 bits per heavy atom. The molecule has 1 aliphatic heterocycles. The molecule has 0 saturated carbocycles. The van der Waals surface area contributed by atoms with Crippen molar-refractivity contribution in [2.75, 3.05) is 13.2 Å². The van der Waals surface area contributed by atoms with Crippen molar-refractivity contribution in [3.05, 3.63) is 94.5 Å². The number of fused-ring (bicyclic) bond motifs is 4. The lowest BCUT2D eigenvalue weighted by Crippen LogP contribution is -2.15. The summed E-state index contributed by atoms with van der Waals surface area (Å²) in [6.07, 6.45) is 3.91. The van der Waals surface area contributed by atoms with Gasteiger partial charge in [-0.05, 0) is 53.6 Å². The lowest BCUT2D eigenvalue weighted by molar-refractivity contribution is 0.171. The highest BCUT2D eigenvalue weighted by Crippen LogP contribution is 2.34. The number of benzene rings is 3. The molecular weight excluding hydrogens is 446 g/mol. The molecule has 0 bridgehead atoms. The third kappa shape index (κ3) is 3.45. The van der Waals surface area contributed by atoms with Crippen LogP contribution in [0.1, 0.15) is 16.7 Å². The number of para-hydroxylation sites is 2. The maximum Gasteiger partial charge on any atom is 0.161 e. The zero-order valence-electron chi connectivity index (χ0n) is 18.0. The fourth-order valence-corrected chi connectivity index (χ4v) is 4.50. The largest absolute Gasteiger partial charge is 0.486 e. The lowest BCUT2D eigenvalue weighted by atomic mass is 10.0. The highest BCUT2D eigenvalue weighted by molar-refractivity contribution is 6.30. The number of pyridine rings is 1. The summed E-state index contributed by atoms with van der Waals surface area (Å²) in [6.45, 7) is 1.09. The molecule has 0 unspecified atom stereocenters. The van der Waals surface area contributed by atoms with E-state index in [1.54, 1.807) is 0 Å². The third-order valence-corrected chi connectivity index (χ3v) is 6.10. The van der Waals surface area contributed by atoms with Gasteiger partial charge in [-0.25, -0.2) is 4.98 Å². The summed E-state index contributed by atoms with van der Waals surface area (Å²) in [5, 5.41) is 10.8. The topological polar surface area (TPSA) is 59.5 Å². The predicted octanol–water partition coefficient (Wildman–Crippen LogP) is 6.62. The molecule has 0 atom stereocenters. The van der Waals surface area contributed by atoms with E-state index in [-0.39, 0.29) is 0 Å². The highest BCUT2D eigenvalue weighted by atomic mass is 35.5. The molecule has 0 saturated heterocycles. The van der Waals surface area contributed by atoms with Crippen molar-refractivity contribution in [3.63, 3.8) is 0 Å². The van der Waals surface area contributed by atoms with Crippen LogP contribution in [0.5, 0.6) is 11.5 Å². The van der Waals surface area contributed by atoms with Crippen LogP contribution in [0, 0.1) is 11.3 Å². The average Bonchev–Trinajstić information content (AvgIpc) is 3.26. The molecule has 5 nitrogen and oxygen atoms in total. The fourth-order valence-electron chi connectivity index (χ4n) is 4.31. The molecule has 0 N–H and O–H groups in total. The van der Waals surface area contributed by atoms with Crippen LogP contribution in [0.15, 0.2) is 72.8 Å². The smallest absolute Gasteiger partial charge is 0.161 e. The number of aromatic nitrogens is 2. The van der Waals surface area contributed by atoms with Crippen LogP contribution >= 0.6 is 11.6 Å². The second-order valence-electron chi connectivity index (χ2n) is 7.98. The molecular formula is C28H18ClN3O2. The summed E-state index contributed by atoms with van der Waals surface area (Å²) in [7, 11) is 0. The van der Waals surface area contributed by atoms with Gasteiger partial charge < -0.3 is 9.47 Å². The summed E-state index contributed by atoms with van der Waals surface area (Å²) in [5.74, 6) is 1.47. The predicted molar refractivity (Wildman–Crippen MR) is 134 cm³/mol. The van der Waals surface area contributed by atoms with Crippen molar-refractivity contribution in [1.82, 2.24) is 9.38 Å². The van der Waals surface area contributed by atoms with Gasteiger partial charge in [-0.3, -0.25) is 4.40 Å². The van der Waals surface area contributed by atoms with Crippen molar-refractivity contribution in [2.45, 2.75) is 0 Å². The van der Waals surface area contributed by atoms with E-state index >= 15 is 0 Å². The summed E-state index contributed by atoms with van der Waals surface area (Å²) >= 11 is 6.32. The Hall–Kier alpha value is -4.27. The van der Waals surface area contributed by atoms with Crippen LogP contribution in [0.3, 0.4) is 0 Å². The standard InChI is InChI=1S/C28H18ClN3O2/c29-21-5-3-4-20(15-21)25-16-19(10-8-18-9-11-26-27(14-18)34-13-12-33-26)22(17-30)28-31-23-6-1-2-7-24(23)32(25)28/h1-11,14-16H,12-13H2/b10-8+. The van der Waals surface area contributed by atoms with Gasteiger partial charge in [0.25, 0.3) is 0 Å². The summed E-state index contributed by atoms with van der Waals surface area (Å²) in [5.41, 5.74) is 6.47. The van der Waals surface area contributed by atoms with Crippen LogP contribution in [-0.4, -0.2) is 22.6 Å². The second kappa shape index (κ2) is 8.26. The molecule has 1 aliphatic rings. The summed E-state index contributed by atoms with van der Waals surface area (Å²) < 4.78 is 13.3. The molecule has 164 valence electrons. The van der Waals surface area contributed by atoms with E-state index < -0.39 is 0 Å². The molecule has 0 aliphatic carbocycles. The molecule has 0 amide bonds. The Labute approximate surface area is 201 Å². The number of halogens is 1. The molecule has 0 spiro atoms. The van der Waals surface area contributed by atoms with Crippen molar-refractivity contribution in [2.24, 2.45) is 0 Å². The minimum Gasteiger partial charge on any atom is -0.486 e. The van der Waals surface area contributed by atoms with Crippen molar-refractivity contribution in [3.8, 4) is 28.8 Å². The zero-order valence-corrected chi connectivity index (χ0v) is 18.8. The molecule has 6 heteroatoms. The first kappa shape index (κ1) is 20.3. The molecule has 5 aromatic rings. The zero-order chi connectivity index (χ0) is 23.1. The Kier molecular flexibility index (Phi) is 4.94. The van der Waals surface area contributed by atoms with E-state index in [0.717, 1.165) is 44.9 Å². The van der Waals surface area contributed by atoms with Gasteiger partial charge in [0.2, 0.25) is 0 Å².